The predicted molar refractivity (Wildman–Crippen MR) is 58.3 cm³/mol. The number of hydrogen-bond acceptors (Lipinski definition) is 6. The molecule has 0 spiro atoms. The number of halogens is 1. The van der Waals surface area contributed by atoms with Gasteiger partial charge in [-0.1, -0.05) is 0 Å². The summed E-state index contributed by atoms with van der Waals surface area (Å²) in [7, 11) is 0. The van der Waals surface area contributed by atoms with Crippen LogP contribution in [0.4, 0.5) is 4.39 Å². The van der Waals surface area contributed by atoms with Gasteiger partial charge in [-0.25, -0.2) is 4.39 Å². The Morgan fingerprint density at radius 1 is 0.833 bits per heavy atom. The fourth-order valence-electron chi connectivity index (χ4n) is 1.18. The molecule has 7 heteroatoms. The van der Waals surface area contributed by atoms with Crippen LogP contribution < -0.4 is 0 Å². The molecule has 0 atom stereocenters. The van der Waals surface area contributed by atoms with Gasteiger partial charge in [0.2, 0.25) is 0 Å². The van der Waals surface area contributed by atoms with E-state index in [2.05, 4.69) is 14.2 Å². The van der Waals surface area contributed by atoms with Crippen LogP contribution in [-0.4, -0.2) is 44.4 Å². The van der Waals surface area contributed by atoms with Crippen molar-refractivity contribution in [2.75, 3.05) is 26.5 Å². The minimum absolute atomic E-state index is 0.0978. The van der Waals surface area contributed by atoms with Crippen molar-refractivity contribution in [1.82, 2.24) is 0 Å². The van der Waals surface area contributed by atoms with E-state index in [4.69, 9.17) is 0 Å². The highest BCUT2D eigenvalue weighted by molar-refractivity contribution is 6.18. The number of alkyl halides is 1. The fraction of sp³-hybridized carbons (Fsp3) is 0.727. The summed E-state index contributed by atoms with van der Waals surface area (Å²) in [5.41, 5.74) is -2.68. The van der Waals surface area contributed by atoms with Crippen LogP contribution in [-0.2, 0) is 28.6 Å². The molecule has 0 saturated heterocycles. The van der Waals surface area contributed by atoms with E-state index in [9.17, 15) is 18.8 Å². The molecule has 0 aliphatic rings. The molecule has 6 nitrogen and oxygen atoms in total. The summed E-state index contributed by atoms with van der Waals surface area (Å²) >= 11 is 0. The Bertz CT molecular complexity index is 269. The molecule has 0 N–H and O–H groups in total. The van der Waals surface area contributed by atoms with Gasteiger partial charge in [0.25, 0.3) is 5.41 Å². The van der Waals surface area contributed by atoms with E-state index in [0.29, 0.717) is 0 Å². The lowest BCUT2D eigenvalue weighted by molar-refractivity contribution is -0.185. The Kier molecular flexibility index (Phi) is 6.92. The first-order chi connectivity index (χ1) is 8.50. The quantitative estimate of drug-likeness (QED) is 0.381. The fourth-order valence-corrected chi connectivity index (χ4v) is 1.18. The lowest BCUT2D eigenvalue weighted by Gasteiger charge is -2.23. The van der Waals surface area contributed by atoms with Crippen molar-refractivity contribution in [2.45, 2.75) is 20.8 Å². The van der Waals surface area contributed by atoms with E-state index in [-0.39, 0.29) is 19.8 Å². The van der Waals surface area contributed by atoms with Gasteiger partial charge in [-0.15, -0.1) is 0 Å². The highest BCUT2D eigenvalue weighted by Crippen LogP contribution is 2.25. The Labute approximate surface area is 104 Å². The third-order valence-electron chi connectivity index (χ3n) is 2.07. The number of carbonyl (C=O) groups excluding carboxylic acids is 3. The van der Waals surface area contributed by atoms with Crippen molar-refractivity contribution in [3.8, 4) is 0 Å². The smallest absolute Gasteiger partial charge is 0.337 e. The highest BCUT2D eigenvalue weighted by Gasteiger charge is 2.58. The summed E-state index contributed by atoms with van der Waals surface area (Å²) in [6.45, 7) is 2.55. The van der Waals surface area contributed by atoms with Gasteiger partial charge in [0, 0.05) is 0 Å². The molecule has 0 bridgehead atoms. The molecule has 0 aliphatic heterocycles. The first-order valence-electron chi connectivity index (χ1n) is 5.58. The molecule has 0 unspecified atom stereocenters. The Morgan fingerprint density at radius 2 is 1.11 bits per heavy atom. The van der Waals surface area contributed by atoms with Gasteiger partial charge in [-0.3, -0.25) is 14.4 Å². The number of rotatable bonds is 7. The molecule has 0 aliphatic carbocycles. The van der Waals surface area contributed by atoms with Gasteiger partial charge in [-0.05, 0) is 20.8 Å². The maximum absolute atomic E-state index is 13.1. The average Bonchev–Trinajstić information content (AvgIpc) is 2.31. The first-order valence-corrected chi connectivity index (χ1v) is 5.58. The molecule has 0 fully saturated rings. The summed E-state index contributed by atoms with van der Waals surface area (Å²) in [4.78, 5) is 35.0. The molecule has 104 valence electrons. The van der Waals surface area contributed by atoms with Crippen molar-refractivity contribution in [2.24, 2.45) is 5.41 Å². The van der Waals surface area contributed by atoms with Crippen molar-refractivity contribution < 1.29 is 33.0 Å². The third kappa shape index (κ3) is 3.18. The van der Waals surface area contributed by atoms with Gasteiger partial charge in [0.05, 0.1) is 19.8 Å². The van der Waals surface area contributed by atoms with Crippen molar-refractivity contribution >= 4 is 17.9 Å². The van der Waals surface area contributed by atoms with Crippen molar-refractivity contribution in [1.29, 1.82) is 0 Å². The Balaban J connectivity index is 5.38. The van der Waals surface area contributed by atoms with E-state index in [1.165, 1.54) is 20.8 Å². The van der Waals surface area contributed by atoms with Crippen LogP contribution in [0.5, 0.6) is 0 Å². The summed E-state index contributed by atoms with van der Waals surface area (Å²) in [5.74, 6) is -3.90. The van der Waals surface area contributed by atoms with Crippen LogP contribution in [0.15, 0.2) is 0 Å². The van der Waals surface area contributed by atoms with Crippen LogP contribution in [0.1, 0.15) is 20.8 Å². The van der Waals surface area contributed by atoms with Crippen LogP contribution in [0.25, 0.3) is 0 Å². The summed E-state index contributed by atoms with van der Waals surface area (Å²) < 4.78 is 26.8. The first kappa shape index (κ1) is 16.3. The maximum atomic E-state index is 13.1. The molecule has 0 aromatic rings. The normalized spacial score (nSPS) is 10.7. The third-order valence-corrected chi connectivity index (χ3v) is 2.07. The molecule has 0 rings (SSSR count). The van der Waals surface area contributed by atoms with Crippen LogP contribution in [0, 0.1) is 5.41 Å². The zero-order valence-electron chi connectivity index (χ0n) is 10.7. The zero-order valence-corrected chi connectivity index (χ0v) is 10.7. The van der Waals surface area contributed by atoms with Gasteiger partial charge >= 0.3 is 17.9 Å². The summed E-state index contributed by atoms with van der Waals surface area (Å²) in [6, 6.07) is 0. The number of hydrogen-bond donors (Lipinski definition) is 0. The van der Waals surface area contributed by atoms with Crippen molar-refractivity contribution in [3.05, 3.63) is 0 Å². The molecular formula is C11H17FO6. The molecule has 0 amide bonds. The topological polar surface area (TPSA) is 78.9 Å². The Hall–Kier alpha value is -1.66. The Morgan fingerprint density at radius 3 is 1.28 bits per heavy atom. The lowest BCUT2D eigenvalue weighted by Crippen LogP contribution is -2.51. The second kappa shape index (κ2) is 7.62. The second-order valence-corrected chi connectivity index (χ2v) is 3.20. The summed E-state index contributed by atoms with van der Waals surface area (Å²) in [5, 5.41) is 0. The van der Waals surface area contributed by atoms with E-state index in [1.807, 2.05) is 0 Å². The number of ether oxygens (including phenoxy) is 3. The van der Waals surface area contributed by atoms with E-state index >= 15 is 0 Å². The van der Waals surface area contributed by atoms with E-state index in [0.717, 1.165) is 0 Å². The SMILES string of the molecule is CCOC(=O)C(CF)(C(=O)OCC)C(=O)OCC. The number of esters is 3. The average molecular weight is 264 g/mol. The monoisotopic (exact) mass is 264 g/mol. The van der Waals surface area contributed by atoms with Gasteiger partial charge < -0.3 is 14.2 Å². The van der Waals surface area contributed by atoms with E-state index in [1.54, 1.807) is 0 Å². The van der Waals surface area contributed by atoms with Gasteiger partial charge in [0.15, 0.2) is 0 Å². The molecule has 0 aromatic heterocycles. The lowest BCUT2D eigenvalue weighted by atomic mass is 9.90. The standard InChI is InChI=1S/C11H17FO6/c1-4-16-8(13)11(7-12,9(14)17-5-2)10(15)18-6-3/h4-7H2,1-3H3. The van der Waals surface area contributed by atoms with Gasteiger partial charge in [0.1, 0.15) is 6.67 Å². The molecular weight excluding hydrogens is 247 g/mol. The minimum Gasteiger partial charge on any atom is -0.465 e. The minimum atomic E-state index is -2.68. The predicted octanol–water partition coefficient (Wildman–Crippen LogP) is 0.632. The highest BCUT2D eigenvalue weighted by atomic mass is 19.1. The van der Waals surface area contributed by atoms with Crippen molar-refractivity contribution in [3.63, 3.8) is 0 Å². The maximum Gasteiger partial charge on any atom is 0.337 e. The van der Waals surface area contributed by atoms with E-state index < -0.39 is 30.0 Å². The molecule has 18 heavy (non-hydrogen) atoms. The van der Waals surface area contributed by atoms with Crippen LogP contribution >= 0.6 is 0 Å². The van der Waals surface area contributed by atoms with Crippen LogP contribution in [0.2, 0.25) is 0 Å². The number of carbonyl (C=O) groups is 3. The molecule has 0 heterocycles. The zero-order chi connectivity index (χ0) is 14.2. The van der Waals surface area contributed by atoms with Crippen LogP contribution in [0.3, 0.4) is 0 Å². The summed E-state index contributed by atoms with van der Waals surface area (Å²) in [6.07, 6.45) is 0. The largest absolute Gasteiger partial charge is 0.465 e. The van der Waals surface area contributed by atoms with Gasteiger partial charge in [-0.2, -0.15) is 0 Å². The molecule has 0 aromatic carbocycles. The molecule has 0 saturated carbocycles. The second-order valence-electron chi connectivity index (χ2n) is 3.20. The molecule has 0 radical (unpaired) electrons.